The van der Waals surface area contributed by atoms with E-state index >= 15 is 0 Å². The third-order valence-electron chi connectivity index (χ3n) is 1.62. The highest BCUT2D eigenvalue weighted by Crippen LogP contribution is 1.93. The van der Waals surface area contributed by atoms with Crippen molar-refractivity contribution in [2.45, 2.75) is 19.9 Å². The second-order valence-electron chi connectivity index (χ2n) is 3.05. The molecule has 0 aromatic carbocycles. The molecule has 0 bridgehead atoms. The molecule has 0 aliphatic rings. The monoisotopic (exact) mass is 174 g/mol. The highest BCUT2D eigenvalue weighted by molar-refractivity contribution is 5.78. The molecule has 0 heterocycles. The van der Waals surface area contributed by atoms with Crippen molar-refractivity contribution in [3.8, 4) is 0 Å². The summed E-state index contributed by atoms with van der Waals surface area (Å²) in [4.78, 5) is 11.2. The molecule has 0 aliphatic heterocycles. The molecule has 72 valence electrons. The van der Waals surface area contributed by atoms with Crippen LogP contribution in [-0.2, 0) is 4.79 Å². The van der Waals surface area contributed by atoms with Crippen LogP contribution >= 0.6 is 0 Å². The summed E-state index contributed by atoms with van der Waals surface area (Å²) in [6, 6.07) is -0.156. The second-order valence-corrected chi connectivity index (χ2v) is 3.05. The van der Waals surface area contributed by atoms with Gasteiger partial charge in [0.05, 0.1) is 6.61 Å². The zero-order valence-corrected chi connectivity index (χ0v) is 7.92. The Morgan fingerprint density at radius 3 is 2.50 bits per heavy atom. The summed E-state index contributed by atoms with van der Waals surface area (Å²) in [5.41, 5.74) is 0. The number of carbonyl (C=O) groups excluding carboxylic acids is 1. The minimum absolute atomic E-state index is 0.0159. The van der Waals surface area contributed by atoms with E-state index in [4.69, 9.17) is 5.11 Å². The molecule has 0 rings (SSSR count). The quantitative estimate of drug-likeness (QED) is 0.518. The Morgan fingerprint density at radius 1 is 1.50 bits per heavy atom. The molecular weight excluding hydrogens is 156 g/mol. The van der Waals surface area contributed by atoms with Gasteiger partial charge in [0.25, 0.3) is 0 Å². The van der Waals surface area contributed by atoms with E-state index in [0.717, 1.165) is 0 Å². The van der Waals surface area contributed by atoms with Gasteiger partial charge in [0.1, 0.15) is 0 Å². The lowest BCUT2D eigenvalue weighted by atomic mass is 10.1. The van der Waals surface area contributed by atoms with Gasteiger partial charge >= 0.3 is 0 Å². The number of hydrogen-bond donors (Lipinski definition) is 3. The van der Waals surface area contributed by atoms with Gasteiger partial charge in [-0.05, 0) is 14.0 Å². The number of aliphatic hydroxyl groups is 1. The van der Waals surface area contributed by atoms with Crippen LogP contribution in [0.2, 0.25) is 0 Å². The molecule has 0 spiro atoms. The zero-order chi connectivity index (χ0) is 9.56. The Labute approximate surface area is 73.3 Å². The third-order valence-corrected chi connectivity index (χ3v) is 1.62. The van der Waals surface area contributed by atoms with Crippen LogP contribution in [0.3, 0.4) is 0 Å². The zero-order valence-electron chi connectivity index (χ0n) is 7.92. The molecule has 0 radical (unpaired) electrons. The van der Waals surface area contributed by atoms with Crippen molar-refractivity contribution in [2.75, 3.05) is 20.2 Å². The number of nitrogens with one attached hydrogen (secondary N) is 2. The van der Waals surface area contributed by atoms with Gasteiger partial charge in [0.2, 0.25) is 5.91 Å². The van der Waals surface area contributed by atoms with Crippen LogP contribution < -0.4 is 10.6 Å². The predicted molar refractivity (Wildman–Crippen MR) is 47.8 cm³/mol. The largest absolute Gasteiger partial charge is 0.394 e. The predicted octanol–water partition coefficient (Wildman–Crippen LogP) is -0.661. The number of carbonyl (C=O) groups is 1. The van der Waals surface area contributed by atoms with Crippen molar-refractivity contribution < 1.29 is 9.90 Å². The van der Waals surface area contributed by atoms with Crippen LogP contribution in [0.1, 0.15) is 13.8 Å². The summed E-state index contributed by atoms with van der Waals surface area (Å²) in [6.45, 7) is 4.25. The Hall–Kier alpha value is -0.610. The third kappa shape index (κ3) is 4.31. The average molecular weight is 174 g/mol. The molecule has 4 nitrogen and oxygen atoms in total. The van der Waals surface area contributed by atoms with Crippen LogP contribution in [0, 0.1) is 5.92 Å². The van der Waals surface area contributed by atoms with Crippen LogP contribution in [0.15, 0.2) is 0 Å². The first-order valence-corrected chi connectivity index (χ1v) is 4.17. The number of hydrogen-bond acceptors (Lipinski definition) is 3. The molecule has 0 aliphatic carbocycles. The van der Waals surface area contributed by atoms with Gasteiger partial charge in [-0.25, -0.2) is 0 Å². The summed E-state index contributed by atoms with van der Waals surface area (Å²) in [7, 11) is 1.80. The lowest BCUT2D eigenvalue weighted by molar-refractivity contribution is -0.125. The smallest absolute Gasteiger partial charge is 0.224 e. The fourth-order valence-electron chi connectivity index (χ4n) is 0.830. The van der Waals surface area contributed by atoms with Crippen molar-refractivity contribution in [1.82, 2.24) is 10.6 Å². The fourth-order valence-corrected chi connectivity index (χ4v) is 0.830. The lowest BCUT2D eigenvalue weighted by Gasteiger charge is -2.15. The minimum atomic E-state index is -0.156. The van der Waals surface area contributed by atoms with Gasteiger partial charge in [0, 0.05) is 18.5 Å². The van der Waals surface area contributed by atoms with Crippen molar-refractivity contribution in [2.24, 2.45) is 5.92 Å². The number of aliphatic hydroxyl groups excluding tert-OH is 1. The Kier molecular flexibility index (Phi) is 5.66. The molecule has 0 aromatic heterocycles. The van der Waals surface area contributed by atoms with Gasteiger partial charge in [0.15, 0.2) is 0 Å². The molecule has 0 fully saturated rings. The molecule has 1 amide bonds. The SMILES string of the molecule is CNCC(C)C(=O)NC(C)CO. The molecule has 3 N–H and O–H groups in total. The van der Waals surface area contributed by atoms with Crippen LogP contribution in [0.4, 0.5) is 0 Å². The normalized spacial score (nSPS) is 15.3. The average Bonchev–Trinajstić information content (AvgIpc) is 2.04. The minimum Gasteiger partial charge on any atom is -0.394 e. The second kappa shape index (κ2) is 5.97. The first kappa shape index (κ1) is 11.4. The number of amides is 1. The van der Waals surface area contributed by atoms with Gasteiger partial charge in [-0.2, -0.15) is 0 Å². The molecule has 12 heavy (non-hydrogen) atoms. The van der Waals surface area contributed by atoms with E-state index in [2.05, 4.69) is 10.6 Å². The Morgan fingerprint density at radius 2 is 2.08 bits per heavy atom. The molecular formula is C8H18N2O2. The summed E-state index contributed by atoms with van der Waals surface area (Å²) >= 11 is 0. The van der Waals surface area contributed by atoms with Crippen LogP contribution in [0.25, 0.3) is 0 Å². The van der Waals surface area contributed by atoms with E-state index in [0.29, 0.717) is 6.54 Å². The van der Waals surface area contributed by atoms with Crippen LogP contribution in [0.5, 0.6) is 0 Å². The van der Waals surface area contributed by atoms with Crippen molar-refractivity contribution in [3.63, 3.8) is 0 Å². The first-order chi connectivity index (χ1) is 5.61. The van der Waals surface area contributed by atoms with Crippen molar-refractivity contribution in [3.05, 3.63) is 0 Å². The van der Waals surface area contributed by atoms with E-state index in [-0.39, 0.29) is 24.5 Å². The lowest BCUT2D eigenvalue weighted by Crippen LogP contribution is -2.40. The summed E-state index contributed by atoms with van der Waals surface area (Å²) in [6.07, 6.45) is 0. The van der Waals surface area contributed by atoms with Gasteiger partial charge in [-0.3, -0.25) is 4.79 Å². The van der Waals surface area contributed by atoms with Crippen molar-refractivity contribution >= 4 is 5.91 Å². The molecule has 0 saturated carbocycles. The molecule has 2 unspecified atom stereocenters. The molecule has 2 atom stereocenters. The Bertz CT molecular complexity index is 139. The van der Waals surface area contributed by atoms with Gasteiger partial charge in [-0.1, -0.05) is 6.92 Å². The summed E-state index contributed by atoms with van der Waals surface area (Å²) in [5.74, 6) is -0.0742. The highest BCUT2D eigenvalue weighted by atomic mass is 16.3. The maximum absolute atomic E-state index is 11.2. The molecule has 0 aromatic rings. The maximum Gasteiger partial charge on any atom is 0.224 e. The Balaban J connectivity index is 3.70. The van der Waals surface area contributed by atoms with E-state index in [9.17, 15) is 4.79 Å². The van der Waals surface area contributed by atoms with E-state index in [1.54, 1.807) is 14.0 Å². The molecule has 0 saturated heterocycles. The standard InChI is InChI=1S/C8H18N2O2/c1-6(4-9-3)8(12)10-7(2)5-11/h6-7,9,11H,4-5H2,1-3H3,(H,10,12). The van der Waals surface area contributed by atoms with Crippen LogP contribution in [-0.4, -0.2) is 37.3 Å². The van der Waals surface area contributed by atoms with Crippen molar-refractivity contribution in [1.29, 1.82) is 0 Å². The van der Waals surface area contributed by atoms with E-state index in [1.807, 2.05) is 6.92 Å². The maximum atomic E-state index is 11.2. The van der Waals surface area contributed by atoms with Gasteiger partial charge < -0.3 is 15.7 Å². The van der Waals surface area contributed by atoms with Gasteiger partial charge in [-0.15, -0.1) is 0 Å². The highest BCUT2D eigenvalue weighted by Gasteiger charge is 2.13. The van der Waals surface area contributed by atoms with E-state index < -0.39 is 0 Å². The number of rotatable bonds is 5. The van der Waals surface area contributed by atoms with E-state index in [1.165, 1.54) is 0 Å². The first-order valence-electron chi connectivity index (χ1n) is 4.17. The summed E-state index contributed by atoms with van der Waals surface area (Å²) in [5, 5.41) is 14.3. The fraction of sp³-hybridized carbons (Fsp3) is 0.875. The molecule has 4 heteroatoms. The summed E-state index contributed by atoms with van der Waals surface area (Å²) < 4.78 is 0. The topological polar surface area (TPSA) is 61.4 Å².